The summed E-state index contributed by atoms with van der Waals surface area (Å²) in [6, 6.07) is 1.97. The third kappa shape index (κ3) is 1.01. The number of hydrogen-bond acceptors (Lipinski definition) is 4. The highest BCUT2D eigenvalue weighted by atomic mass is 32.1. The van der Waals surface area contributed by atoms with Crippen molar-refractivity contribution in [3.8, 4) is 6.07 Å². The molecule has 0 saturated carbocycles. The van der Waals surface area contributed by atoms with Crippen molar-refractivity contribution in [3.63, 3.8) is 0 Å². The summed E-state index contributed by atoms with van der Waals surface area (Å²) in [5.74, 6) is 0. The molecule has 8 heavy (non-hydrogen) atoms. The fraction of sp³-hybridized carbons (Fsp3) is 0.250. The van der Waals surface area contributed by atoms with E-state index in [1.165, 1.54) is 0 Å². The molecule has 0 N–H and O–H groups in total. The molecule has 0 aromatic carbocycles. The highest BCUT2D eigenvalue weighted by Crippen LogP contribution is 1.93. The molecule has 0 aliphatic heterocycles. The van der Waals surface area contributed by atoms with Gasteiger partial charge in [0, 0.05) is 0 Å². The molecule has 4 heteroatoms. The molecule has 1 heterocycles. The summed E-state index contributed by atoms with van der Waals surface area (Å²) in [6.07, 6.45) is 1.98. The van der Waals surface area contributed by atoms with E-state index in [-0.39, 0.29) is 0 Å². The van der Waals surface area contributed by atoms with Crippen LogP contribution in [0.25, 0.3) is 0 Å². The molecule has 0 aliphatic carbocycles. The van der Waals surface area contributed by atoms with E-state index in [0.717, 1.165) is 17.4 Å². The third-order valence-electron chi connectivity index (χ3n) is 0.667. The van der Waals surface area contributed by atoms with Gasteiger partial charge in [-0.25, -0.2) is 0 Å². The van der Waals surface area contributed by atoms with Gasteiger partial charge in [-0.3, -0.25) is 0 Å². The SMILES string of the molecule is N#CCc1cnsn1. The van der Waals surface area contributed by atoms with Crippen molar-refractivity contribution in [1.82, 2.24) is 8.75 Å². The number of aromatic nitrogens is 2. The van der Waals surface area contributed by atoms with Crippen LogP contribution in [0.5, 0.6) is 0 Å². The number of nitriles is 1. The molecule has 0 bridgehead atoms. The maximum Gasteiger partial charge on any atom is 0.0883 e. The Labute approximate surface area is 50.9 Å². The van der Waals surface area contributed by atoms with Crippen LogP contribution in [0.4, 0.5) is 0 Å². The molecule has 0 spiro atoms. The summed E-state index contributed by atoms with van der Waals surface area (Å²) in [7, 11) is 0. The van der Waals surface area contributed by atoms with Gasteiger partial charge < -0.3 is 0 Å². The average Bonchev–Trinajstić information content (AvgIpc) is 2.19. The van der Waals surface area contributed by atoms with Gasteiger partial charge in [-0.2, -0.15) is 14.0 Å². The molecule has 1 aromatic heterocycles. The van der Waals surface area contributed by atoms with Gasteiger partial charge >= 0.3 is 0 Å². The highest BCUT2D eigenvalue weighted by molar-refractivity contribution is 6.99. The van der Waals surface area contributed by atoms with Crippen LogP contribution in [0.15, 0.2) is 6.20 Å². The Balaban J connectivity index is 2.67. The zero-order valence-electron chi connectivity index (χ0n) is 4.03. The second kappa shape index (κ2) is 2.38. The predicted molar refractivity (Wildman–Crippen MR) is 29.2 cm³/mol. The largest absolute Gasteiger partial charge is 0.198 e. The Hall–Kier alpha value is -0.950. The van der Waals surface area contributed by atoms with Crippen LogP contribution in [0, 0.1) is 11.3 Å². The van der Waals surface area contributed by atoms with Gasteiger partial charge in [0.25, 0.3) is 0 Å². The monoisotopic (exact) mass is 125 g/mol. The van der Waals surface area contributed by atoms with E-state index in [0.29, 0.717) is 6.42 Å². The summed E-state index contributed by atoms with van der Waals surface area (Å²) in [4.78, 5) is 0. The van der Waals surface area contributed by atoms with Gasteiger partial charge in [0.1, 0.15) is 0 Å². The van der Waals surface area contributed by atoms with Gasteiger partial charge in [0.15, 0.2) is 0 Å². The van der Waals surface area contributed by atoms with E-state index in [9.17, 15) is 0 Å². The number of hydrogen-bond donors (Lipinski definition) is 0. The molecule has 0 radical (unpaired) electrons. The summed E-state index contributed by atoms with van der Waals surface area (Å²) in [5.41, 5.74) is 0.762. The van der Waals surface area contributed by atoms with Crippen LogP contribution in [0.1, 0.15) is 5.69 Å². The van der Waals surface area contributed by atoms with Crippen LogP contribution in [0.2, 0.25) is 0 Å². The van der Waals surface area contributed by atoms with Crippen molar-refractivity contribution in [3.05, 3.63) is 11.9 Å². The van der Waals surface area contributed by atoms with Crippen LogP contribution >= 0.6 is 11.7 Å². The van der Waals surface area contributed by atoms with Crippen molar-refractivity contribution < 1.29 is 0 Å². The lowest BCUT2D eigenvalue weighted by Crippen LogP contribution is -1.76. The zero-order valence-corrected chi connectivity index (χ0v) is 4.85. The first kappa shape index (κ1) is 5.19. The molecule has 1 rings (SSSR count). The van der Waals surface area contributed by atoms with E-state index in [4.69, 9.17) is 5.26 Å². The third-order valence-corrected chi connectivity index (χ3v) is 1.18. The minimum Gasteiger partial charge on any atom is -0.198 e. The summed E-state index contributed by atoms with van der Waals surface area (Å²) >= 11 is 1.13. The van der Waals surface area contributed by atoms with Crippen molar-refractivity contribution in [2.75, 3.05) is 0 Å². The van der Waals surface area contributed by atoms with Gasteiger partial charge in [-0.05, 0) is 0 Å². The van der Waals surface area contributed by atoms with Crippen LogP contribution in [-0.4, -0.2) is 8.75 Å². The Morgan fingerprint density at radius 1 is 1.88 bits per heavy atom. The quantitative estimate of drug-likeness (QED) is 0.552. The molecule has 1 aromatic rings. The predicted octanol–water partition coefficient (Wildman–Crippen LogP) is 0.604. The van der Waals surface area contributed by atoms with Crippen LogP contribution in [0.3, 0.4) is 0 Å². The Kier molecular flexibility index (Phi) is 1.55. The maximum atomic E-state index is 8.12. The molecule has 0 unspecified atom stereocenters. The van der Waals surface area contributed by atoms with E-state index in [1.54, 1.807) is 6.20 Å². The number of rotatable bonds is 1. The van der Waals surface area contributed by atoms with Crippen molar-refractivity contribution >= 4 is 11.7 Å². The van der Waals surface area contributed by atoms with Crippen molar-refractivity contribution in [2.24, 2.45) is 0 Å². The fourth-order valence-electron chi connectivity index (χ4n) is 0.343. The molecule has 0 fully saturated rings. The first-order valence-corrected chi connectivity index (χ1v) is 2.80. The zero-order chi connectivity index (χ0) is 5.82. The smallest absolute Gasteiger partial charge is 0.0883 e. The first-order valence-electron chi connectivity index (χ1n) is 2.07. The van der Waals surface area contributed by atoms with E-state index in [2.05, 4.69) is 8.75 Å². The highest BCUT2D eigenvalue weighted by Gasteiger charge is 1.90. The molecular formula is C4H3N3S. The van der Waals surface area contributed by atoms with Crippen molar-refractivity contribution in [1.29, 1.82) is 5.26 Å². The fourth-order valence-corrected chi connectivity index (χ4v) is 0.775. The molecule has 0 amide bonds. The Bertz CT molecular complexity index is 186. The lowest BCUT2D eigenvalue weighted by atomic mass is 10.4. The van der Waals surface area contributed by atoms with Crippen LogP contribution < -0.4 is 0 Å². The molecular weight excluding hydrogens is 122 g/mol. The van der Waals surface area contributed by atoms with Gasteiger partial charge in [-0.15, -0.1) is 0 Å². The van der Waals surface area contributed by atoms with E-state index in [1.807, 2.05) is 6.07 Å². The topological polar surface area (TPSA) is 49.6 Å². The standard InChI is InChI=1S/C4H3N3S/c5-2-1-4-3-6-8-7-4/h3H,1H2. The molecule has 0 atom stereocenters. The van der Waals surface area contributed by atoms with Crippen molar-refractivity contribution in [2.45, 2.75) is 6.42 Å². The Morgan fingerprint density at radius 3 is 3.25 bits per heavy atom. The lowest BCUT2D eigenvalue weighted by Gasteiger charge is -1.72. The molecule has 3 nitrogen and oxygen atoms in total. The second-order valence-electron chi connectivity index (χ2n) is 1.23. The van der Waals surface area contributed by atoms with Crippen LogP contribution in [-0.2, 0) is 6.42 Å². The maximum absolute atomic E-state index is 8.12. The molecule has 40 valence electrons. The lowest BCUT2D eigenvalue weighted by molar-refractivity contribution is 1.18. The Morgan fingerprint density at radius 2 is 2.75 bits per heavy atom. The average molecular weight is 125 g/mol. The number of nitrogens with zero attached hydrogens (tertiary/aromatic N) is 3. The van der Waals surface area contributed by atoms with Gasteiger partial charge in [0.05, 0.1) is 36.1 Å². The minimum atomic E-state index is 0.372. The first-order chi connectivity index (χ1) is 3.93. The summed E-state index contributed by atoms with van der Waals surface area (Å²) in [5, 5.41) is 8.12. The molecule has 0 aliphatic rings. The molecule has 0 saturated heterocycles. The second-order valence-corrected chi connectivity index (χ2v) is 1.79. The summed E-state index contributed by atoms with van der Waals surface area (Å²) in [6.45, 7) is 0. The normalized spacial score (nSPS) is 8.38. The summed E-state index contributed by atoms with van der Waals surface area (Å²) < 4.78 is 7.53. The van der Waals surface area contributed by atoms with Gasteiger partial charge in [0.2, 0.25) is 0 Å². The van der Waals surface area contributed by atoms with Gasteiger partial charge in [-0.1, -0.05) is 0 Å². The minimum absolute atomic E-state index is 0.372. The van der Waals surface area contributed by atoms with E-state index >= 15 is 0 Å². The van der Waals surface area contributed by atoms with E-state index < -0.39 is 0 Å².